The van der Waals surface area contributed by atoms with Gasteiger partial charge in [-0.3, -0.25) is 9.59 Å². The van der Waals surface area contributed by atoms with Gasteiger partial charge in [-0.15, -0.1) is 0 Å². The smallest absolute Gasteiger partial charge is 0.328 e. The van der Waals surface area contributed by atoms with E-state index in [0.717, 1.165) is 24.8 Å². The molecular formula is C29H28N6O4S. The van der Waals surface area contributed by atoms with E-state index in [0.29, 0.717) is 34.5 Å². The average Bonchev–Trinajstić information content (AvgIpc) is 3.34. The van der Waals surface area contributed by atoms with Crippen molar-refractivity contribution in [1.29, 1.82) is 0 Å². The summed E-state index contributed by atoms with van der Waals surface area (Å²) in [5.74, 6) is 1.30. The van der Waals surface area contributed by atoms with Crippen molar-refractivity contribution in [2.75, 3.05) is 4.90 Å². The highest BCUT2D eigenvalue weighted by Gasteiger charge is 2.47. The van der Waals surface area contributed by atoms with Crippen LogP contribution in [0.4, 0.5) is 16.3 Å². The summed E-state index contributed by atoms with van der Waals surface area (Å²) in [7, 11) is 0. The minimum absolute atomic E-state index is 0.00818. The van der Waals surface area contributed by atoms with E-state index in [1.807, 2.05) is 30.3 Å². The summed E-state index contributed by atoms with van der Waals surface area (Å²) in [5.41, 5.74) is 1.45. The Morgan fingerprint density at radius 1 is 1.05 bits per heavy atom. The molecule has 2 aliphatic heterocycles. The highest BCUT2D eigenvalue weighted by Crippen LogP contribution is 2.50. The van der Waals surface area contributed by atoms with Crippen molar-refractivity contribution in [3.8, 4) is 11.5 Å². The highest BCUT2D eigenvalue weighted by molar-refractivity contribution is 8.01. The summed E-state index contributed by atoms with van der Waals surface area (Å²) in [6.07, 6.45) is 7.73. The van der Waals surface area contributed by atoms with Crippen molar-refractivity contribution in [2.24, 2.45) is 0 Å². The van der Waals surface area contributed by atoms with E-state index < -0.39 is 11.3 Å². The van der Waals surface area contributed by atoms with Gasteiger partial charge in [0.25, 0.3) is 0 Å². The molecular weight excluding hydrogens is 528 g/mol. The summed E-state index contributed by atoms with van der Waals surface area (Å²) < 4.78 is 5.83. The maximum absolute atomic E-state index is 13.5. The lowest BCUT2D eigenvalue weighted by molar-refractivity contribution is -0.121. The standard InChI is InChI=1S/C29H28N6O4S/c1-2-23(36)32-17-7-6-8-18(15-17)33-27(37)26-25-24-21(13-14-30-28(24)40-26)35(29(38)34-25)22-12-11-20(16-31-22)39-19-9-4-3-5-10-19/h2-5,9-14,16-18,25-26H,1,6-8,15H2,(H,32,36)(H,33,37)(H,34,38)/t17-,18-,25?,26?/m1/s1. The van der Waals surface area contributed by atoms with E-state index in [-0.39, 0.29) is 29.9 Å². The number of pyridine rings is 2. The summed E-state index contributed by atoms with van der Waals surface area (Å²) >= 11 is 1.35. The fourth-order valence-electron chi connectivity index (χ4n) is 5.44. The number of aromatic nitrogens is 2. The van der Waals surface area contributed by atoms with Gasteiger partial charge in [0.1, 0.15) is 27.6 Å². The van der Waals surface area contributed by atoms with Crippen LogP contribution in [-0.2, 0) is 9.59 Å². The third-order valence-electron chi connectivity index (χ3n) is 7.25. The molecule has 4 atom stereocenters. The first-order chi connectivity index (χ1) is 19.5. The SMILES string of the molecule is C=CC(=O)N[C@@H]1CCC[C@@H](NC(=O)C2Sc3nccc4c3C2NC(=O)N4c2ccc(Oc3ccccc3)cn2)C1. The van der Waals surface area contributed by atoms with E-state index in [9.17, 15) is 14.4 Å². The quantitative estimate of drug-likeness (QED) is 0.369. The molecule has 0 saturated heterocycles. The number of carbonyl (C=O) groups is 3. The fourth-order valence-corrected chi connectivity index (χ4v) is 6.67. The van der Waals surface area contributed by atoms with Crippen LogP contribution in [0.1, 0.15) is 37.3 Å². The summed E-state index contributed by atoms with van der Waals surface area (Å²) in [5, 5.41) is 9.24. The first-order valence-corrected chi connectivity index (χ1v) is 14.1. The number of para-hydroxylation sites is 1. The molecule has 4 amide bonds. The molecule has 6 rings (SSSR count). The van der Waals surface area contributed by atoms with E-state index in [4.69, 9.17) is 4.74 Å². The first-order valence-electron chi connectivity index (χ1n) is 13.2. The predicted molar refractivity (Wildman–Crippen MR) is 151 cm³/mol. The second-order valence-electron chi connectivity index (χ2n) is 9.90. The van der Waals surface area contributed by atoms with Gasteiger partial charge in [-0.25, -0.2) is 19.7 Å². The van der Waals surface area contributed by atoms with Crippen LogP contribution in [0.3, 0.4) is 0 Å². The Bertz CT molecular complexity index is 1450. The van der Waals surface area contributed by atoms with Gasteiger partial charge in [-0.1, -0.05) is 36.5 Å². The third kappa shape index (κ3) is 5.12. The van der Waals surface area contributed by atoms with Crippen molar-refractivity contribution < 1.29 is 19.1 Å². The number of anilines is 2. The monoisotopic (exact) mass is 556 g/mol. The van der Waals surface area contributed by atoms with Crippen LogP contribution in [0.15, 0.2) is 78.6 Å². The number of hydrogen-bond donors (Lipinski definition) is 3. The number of nitrogens with one attached hydrogen (secondary N) is 3. The number of ether oxygens (including phenoxy) is 1. The third-order valence-corrected chi connectivity index (χ3v) is 8.53. The molecule has 10 nitrogen and oxygen atoms in total. The van der Waals surface area contributed by atoms with Crippen LogP contribution in [0.2, 0.25) is 0 Å². The molecule has 4 heterocycles. The minimum atomic E-state index is -0.562. The zero-order valence-electron chi connectivity index (χ0n) is 21.6. The van der Waals surface area contributed by atoms with E-state index >= 15 is 0 Å². The van der Waals surface area contributed by atoms with Crippen LogP contribution in [-0.4, -0.2) is 45.1 Å². The Kier molecular flexibility index (Phi) is 7.12. The molecule has 1 aromatic carbocycles. The lowest BCUT2D eigenvalue weighted by atomic mass is 9.90. The van der Waals surface area contributed by atoms with E-state index in [1.54, 1.807) is 30.6 Å². The number of rotatable bonds is 7. The predicted octanol–water partition coefficient (Wildman–Crippen LogP) is 4.38. The van der Waals surface area contributed by atoms with Gasteiger partial charge in [0.05, 0.1) is 17.9 Å². The molecule has 1 saturated carbocycles. The number of amides is 4. The lowest BCUT2D eigenvalue weighted by Crippen LogP contribution is -2.51. The fraction of sp³-hybridized carbons (Fsp3) is 0.276. The largest absolute Gasteiger partial charge is 0.456 e. The van der Waals surface area contributed by atoms with E-state index in [1.165, 1.54) is 22.7 Å². The summed E-state index contributed by atoms with van der Waals surface area (Å²) in [4.78, 5) is 49.1. The van der Waals surface area contributed by atoms with Gasteiger partial charge >= 0.3 is 6.03 Å². The van der Waals surface area contributed by atoms with Crippen LogP contribution >= 0.6 is 11.8 Å². The number of carbonyl (C=O) groups excluding carboxylic acids is 3. The molecule has 0 radical (unpaired) electrons. The second-order valence-corrected chi connectivity index (χ2v) is 11.0. The molecule has 204 valence electrons. The Balaban J connectivity index is 1.18. The van der Waals surface area contributed by atoms with Gasteiger partial charge in [-0.2, -0.15) is 0 Å². The zero-order chi connectivity index (χ0) is 27.6. The normalized spacial score (nSPS) is 23.0. The second kappa shape index (κ2) is 11.0. The number of nitrogens with zero attached hydrogens (tertiary/aromatic N) is 3. The molecule has 2 aromatic heterocycles. The van der Waals surface area contributed by atoms with Crippen molar-refractivity contribution >= 4 is 41.1 Å². The summed E-state index contributed by atoms with van der Waals surface area (Å²) in [6.45, 7) is 3.51. The van der Waals surface area contributed by atoms with Crippen molar-refractivity contribution in [3.05, 3.63) is 79.1 Å². The molecule has 1 fully saturated rings. The van der Waals surface area contributed by atoms with E-state index in [2.05, 4.69) is 32.5 Å². The van der Waals surface area contributed by atoms with Gasteiger partial charge < -0.3 is 20.7 Å². The Morgan fingerprint density at radius 3 is 2.60 bits per heavy atom. The molecule has 40 heavy (non-hydrogen) atoms. The topological polar surface area (TPSA) is 126 Å². The molecule has 0 spiro atoms. The van der Waals surface area contributed by atoms with Gasteiger partial charge in [-0.05, 0) is 62.1 Å². The van der Waals surface area contributed by atoms with Gasteiger partial charge in [0, 0.05) is 23.8 Å². The van der Waals surface area contributed by atoms with Crippen molar-refractivity contribution in [3.63, 3.8) is 0 Å². The number of hydrogen-bond acceptors (Lipinski definition) is 7. The summed E-state index contributed by atoms with van der Waals surface area (Å²) in [6, 6.07) is 13.7. The molecule has 0 bridgehead atoms. The highest BCUT2D eigenvalue weighted by atomic mass is 32.2. The first kappa shape index (κ1) is 25.9. The lowest BCUT2D eigenvalue weighted by Gasteiger charge is -2.34. The van der Waals surface area contributed by atoms with Crippen LogP contribution < -0.4 is 25.6 Å². The molecule has 2 unspecified atom stereocenters. The van der Waals surface area contributed by atoms with Gasteiger partial charge in [0.2, 0.25) is 11.8 Å². The van der Waals surface area contributed by atoms with Gasteiger partial charge in [0.15, 0.2) is 0 Å². The average molecular weight is 557 g/mol. The Hall–Kier alpha value is -4.38. The maximum Gasteiger partial charge on any atom is 0.328 e. The molecule has 3 N–H and O–H groups in total. The zero-order valence-corrected chi connectivity index (χ0v) is 22.4. The number of benzene rings is 1. The van der Waals surface area contributed by atoms with Crippen molar-refractivity contribution in [1.82, 2.24) is 25.9 Å². The Morgan fingerprint density at radius 2 is 1.85 bits per heavy atom. The molecule has 3 aliphatic rings. The van der Waals surface area contributed by atoms with Crippen LogP contribution in [0.5, 0.6) is 11.5 Å². The Labute approximate surface area is 235 Å². The number of urea groups is 1. The van der Waals surface area contributed by atoms with Crippen LogP contribution in [0.25, 0.3) is 0 Å². The minimum Gasteiger partial charge on any atom is -0.456 e. The molecule has 3 aromatic rings. The van der Waals surface area contributed by atoms with Crippen LogP contribution in [0, 0.1) is 0 Å². The molecule has 1 aliphatic carbocycles. The molecule has 11 heteroatoms. The van der Waals surface area contributed by atoms with Crippen molar-refractivity contribution in [2.45, 2.75) is 54.1 Å². The maximum atomic E-state index is 13.5. The number of thioether (sulfide) groups is 1.